The summed E-state index contributed by atoms with van der Waals surface area (Å²) in [5, 5.41) is 9.45. The van der Waals surface area contributed by atoms with Gasteiger partial charge >= 0.3 is 0 Å². The molecular weight excluding hydrogens is 290 g/mol. The molecule has 1 unspecified atom stereocenters. The number of pyridine rings is 1. The molecule has 1 aliphatic rings. The van der Waals surface area contributed by atoms with E-state index in [9.17, 15) is 18.7 Å². The van der Waals surface area contributed by atoms with Crippen molar-refractivity contribution in [2.45, 2.75) is 25.6 Å². The van der Waals surface area contributed by atoms with Crippen LogP contribution in [0.4, 0.5) is 8.78 Å². The van der Waals surface area contributed by atoms with Crippen LogP contribution in [0.5, 0.6) is 5.75 Å². The summed E-state index contributed by atoms with van der Waals surface area (Å²) in [5.74, 6) is -0.314. The van der Waals surface area contributed by atoms with Crippen LogP contribution in [0, 0.1) is 0 Å². The summed E-state index contributed by atoms with van der Waals surface area (Å²) in [4.78, 5) is 13.2. The summed E-state index contributed by atoms with van der Waals surface area (Å²) in [6, 6.07) is 8.97. The largest absolute Gasteiger partial charge is 0.503 e. The van der Waals surface area contributed by atoms with Crippen LogP contribution in [0.1, 0.15) is 17.3 Å². The molecule has 0 amide bonds. The van der Waals surface area contributed by atoms with Crippen molar-refractivity contribution in [3.05, 3.63) is 64.1 Å². The fraction of sp³-hybridized carbons (Fsp3) is 0.312. The van der Waals surface area contributed by atoms with Crippen LogP contribution in [0.2, 0.25) is 0 Å². The summed E-state index contributed by atoms with van der Waals surface area (Å²) in [6.45, 7) is 1.14. The van der Waals surface area contributed by atoms with E-state index in [1.165, 1.54) is 12.3 Å². The number of benzene rings is 1. The molecule has 1 aromatic carbocycles. The summed E-state index contributed by atoms with van der Waals surface area (Å²) in [6.07, 6.45) is -1.15. The van der Waals surface area contributed by atoms with E-state index >= 15 is 0 Å². The Morgan fingerprint density at radius 3 is 2.55 bits per heavy atom. The van der Waals surface area contributed by atoms with Crippen LogP contribution in [0.15, 0.2) is 47.4 Å². The minimum absolute atomic E-state index is 0.249. The van der Waals surface area contributed by atoms with Crippen molar-refractivity contribution in [3.8, 4) is 5.75 Å². The standard InChI is InChI=1S/C16H16F2N2O2/c17-16(18)15(11-4-2-1-3-5-11)20-7-6-19-10-14(22)13(21)8-12(19)9-20/h1-5,8,10,15-16,22H,6-7,9H2. The SMILES string of the molecule is O=c1cc2n(cc1O)CCN(C(c1ccccc1)C(F)F)C2. The first-order valence-electron chi connectivity index (χ1n) is 7.06. The lowest BCUT2D eigenvalue weighted by atomic mass is 10.0. The molecule has 0 spiro atoms. The van der Waals surface area contributed by atoms with E-state index in [-0.39, 0.29) is 12.3 Å². The van der Waals surface area contributed by atoms with Crippen molar-refractivity contribution in [3.63, 3.8) is 0 Å². The number of fused-ring (bicyclic) bond motifs is 1. The number of aromatic nitrogens is 1. The number of alkyl halides is 2. The molecule has 22 heavy (non-hydrogen) atoms. The zero-order chi connectivity index (χ0) is 15.7. The van der Waals surface area contributed by atoms with Gasteiger partial charge in [0.1, 0.15) is 0 Å². The highest BCUT2D eigenvalue weighted by Gasteiger charge is 2.31. The zero-order valence-corrected chi connectivity index (χ0v) is 11.8. The normalized spacial score (nSPS) is 16.5. The summed E-state index contributed by atoms with van der Waals surface area (Å²) in [7, 11) is 0. The van der Waals surface area contributed by atoms with Crippen LogP contribution >= 0.6 is 0 Å². The number of hydrogen-bond donors (Lipinski definition) is 1. The molecule has 2 heterocycles. The van der Waals surface area contributed by atoms with Gasteiger partial charge in [-0.3, -0.25) is 9.69 Å². The minimum atomic E-state index is -2.52. The first kappa shape index (κ1) is 14.7. The highest BCUT2D eigenvalue weighted by atomic mass is 19.3. The van der Waals surface area contributed by atoms with E-state index in [0.717, 1.165) is 0 Å². The van der Waals surface area contributed by atoms with Gasteiger partial charge in [0.25, 0.3) is 6.43 Å². The molecule has 4 nitrogen and oxygen atoms in total. The molecule has 0 fully saturated rings. The molecule has 1 N–H and O–H groups in total. The Kier molecular flexibility index (Phi) is 3.94. The van der Waals surface area contributed by atoms with Crippen molar-refractivity contribution in [2.75, 3.05) is 6.54 Å². The highest BCUT2D eigenvalue weighted by molar-refractivity contribution is 5.23. The third kappa shape index (κ3) is 2.74. The van der Waals surface area contributed by atoms with Gasteiger partial charge in [-0.1, -0.05) is 30.3 Å². The number of hydrogen-bond acceptors (Lipinski definition) is 3. The topological polar surface area (TPSA) is 45.5 Å². The third-order valence-corrected chi connectivity index (χ3v) is 3.96. The van der Waals surface area contributed by atoms with E-state index in [4.69, 9.17) is 0 Å². The van der Waals surface area contributed by atoms with Crippen LogP contribution in [0.25, 0.3) is 0 Å². The molecule has 6 heteroatoms. The van der Waals surface area contributed by atoms with Gasteiger partial charge in [0.05, 0.1) is 12.2 Å². The first-order valence-corrected chi connectivity index (χ1v) is 7.06. The van der Waals surface area contributed by atoms with Crippen molar-refractivity contribution in [1.29, 1.82) is 0 Å². The van der Waals surface area contributed by atoms with Crippen molar-refractivity contribution in [1.82, 2.24) is 9.47 Å². The maximum atomic E-state index is 13.5. The van der Waals surface area contributed by atoms with E-state index in [1.807, 2.05) is 0 Å². The molecule has 116 valence electrons. The van der Waals surface area contributed by atoms with Gasteiger partial charge < -0.3 is 9.67 Å². The van der Waals surface area contributed by atoms with Gasteiger partial charge in [0.2, 0.25) is 5.43 Å². The molecular formula is C16H16F2N2O2. The Balaban J connectivity index is 1.92. The average Bonchev–Trinajstić information content (AvgIpc) is 2.49. The number of nitrogens with zero attached hydrogens (tertiary/aromatic N) is 2. The Hall–Kier alpha value is -2.21. The predicted molar refractivity (Wildman–Crippen MR) is 78.0 cm³/mol. The average molecular weight is 306 g/mol. The fourth-order valence-electron chi connectivity index (χ4n) is 2.87. The van der Waals surface area contributed by atoms with E-state index in [2.05, 4.69) is 0 Å². The Labute approximate surface area is 126 Å². The maximum absolute atomic E-state index is 13.5. The van der Waals surface area contributed by atoms with Crippen LogP contribution in [-0.2, 0) is 13.1 Å². The van der Waals surface area contributed by atoms with Gasteiger partial charge in [-0.25, -0.2) is 8.78 Å². The minimum Gasteiger partial charge on any atom is -0.503 e. The quantitative estimate of drug-likeness (QED) is 0.947. The fourth-order valence-corrected chi connectivity index (χ4v) is 2.87. The molecule has 1 aromatic heterocycles. The summed E-state index contributed by atoms with van der Waals surface area (Å²) >= 11 is 0. The molecule has 1 atom stereocenters. The lowest BCUT2D eigenvalue weighted by Crippen LogP contribution is -2.40. The van der Waals surface area contributed by atoms with E-state index in [0.29, 0.717) is 24.3 Å². The maximum Gasteiger partial charge on any atom is 0.258 e. The van der Waals surface area contributed by atoms with Gasteiger partial charge in [-0.15, -0.1) is 0 Å². The van der Waals surface area contributed by atoms with Crippen LogP contribution < -0.4 is 5.43 Å². The summed E-state index contributed by atoms with van der Waals surface area (Å²) in [5.41, 5.74) is 0.712. The molecule has 0 radical (unpaired) electrons. The Morgan fingerprint density at radius 2 is 1.86 bits per heavy atom. The molecule has 0 saturated heterocycles. The van der Waals surface area contributed by atoms with Crippen LogP contribution in [-0.4, -0.2) is 27.5 Å². The van der Waals surface area contributed by atoms with Gasteiger partial charge in [-0.05, 0) is 5.56 Å². The van der Waals surface area contributed by atoms with Gasteiger partial charge in [-0.2, -0.15) is 0 Å². The second-order valence-electron chi connectivity index (χ2n) is 5.37. The second kappa shape index (κ2) is 5.88. The van der Waals surface area contributed by atoms with Crippen molar-refractivity contribution >= 4 is 0 Å². The lowest BCUT2D eigenvalue weighted by Gasteiger charge is -2.36. The Morgan fingerprint density at radius 1 is 1.14 bits per heavy atom. The predicted octanol–water partition coefficient (Wildman–Crippen LogP) is 2.38. The Bertz CT molecular complexity index is 716. The summed E-state index contributed by atoms with van der Waals surface area (Å²) < 4.78 is 28.8. The van der Waals surface area contributed by atoms with Crippen molar-refractivity contribution in [2.24, 2.45) is 0 Å². The highest BCUT2D eigenvalue weighted by Crippen LogP contribution is 2.30. The second-order valence-corrected chi connectivity index (χ2v) is 5.37. The molecule has 1 aliphatic heterocycles. The van der Waals surface area contributed by atoms with Crippen molar-refractivity contribution < 1.29 is 13.9 Å². The van der Waals surface area contributed by atoms with E-state index in [1.54, 1.807) is 39.8 Å². The lowest BCUT2D eigenvalue weighted by molar-refractivity contribution is 0.0103. The molecule has 2 aromatic rings. The third-order valence-electron chi connectivity index (χ3n) is 3.96. The molecule has 0 bridgehead atoms. The monoisotopic (exact) mass is 306 g/mol. The first-order chi connectivity index (χ1) is 10.6. The zero-order valence-electron chi connectivity index (χ0n) is 11.8. The number of aromatic hydroxyl groups is 1. The molecule has 3 rings (SSSR count). The van der Waals surface area contributed by atoms with E-state index < -0.39 is 17.9 Å². The molecule has 0 saturated carbocycles. The van der Waals surface area contributed by atoms with Crippen LogP contribution in [0.3, 0.4) is 0 Å². The van der Waals surface area contributed by atoms with Gasteiger partial charge in [0.15, 0.2) is 5.75 Å². The van der Waals surface area contributed by atoms with Gasteiger partial charge in [0, 0.05) is 31.4 Å². The number of rotatable bonds is 3. The number of halogens is 2. The smallest absolute Gasteiger partial charge is 0.258 e. The molecule has 0 aliphatic carbocycles.